The average Bonchev–Trinajstić information content (AvgIpc) is 2.86. The van der Waals surface area contributed by atoms with E-state index < -0.39 is 17.7 Å². The van der Waals surface area contributed by atoms with Crippen LogP contribution in [0.15, 0.2) is 77.9 Å². The SMILES string of the molecule is CCCCOc1ccc(/C=N\NC(=O)C(=O)Nc2ccccc2C(=O)Nc2ccc(C)cc2)cc1. The van der Waals surface area contributed by atoms with Crippen LogP contribution in [0.2, 0.25) is 0 Å². The van der Waals surface area contributed by atoms with Crippen LogP contribution in [0.5, 0.6) is 5.75 Å². The van der Waals surface area contributed by atoms with Gasteiger partial charge in [0.1, 0.15) is 5.75 Å². The fourth-order valence-corrected chi connectivity index (χ4v) is 3.01. The summed E-state index contributed by atoms with van der Waals surface area (Å²) in [6.07, 6.45) is 3.47. The van der Waals surface area contributed by atoms with Crippen LogP contribution in [0.3, 0.4) is 0 Å². The first-order valence-corrected chi connectivity index (χ1v) is 11.3. The Bertz CT molecular complexity index is 1190. The van der Waals surface area contributed by atoms with Gasteiger partial charge in [0.15, 0.2) is 0 Å². The van der Waals surface area contributed by atoms with Gasteiger partial charge in [-0.05, 0) is 67.4 Å². The molecule has 0 heterocycles. The minimum Gasteiger partial charge on any atom is -0.494 e. The van der Waals surface area contributed by atoms with E-state index in [1.165, 1.54) is 6.21 Å². The smallest absolute Gasteiger partial charge is 0.329 e. The van der Waals surface area contributed by atoms with Crippen molar-refractivity contribution in [2.75, 3.05) is 17.2 Å². The van der Waals surface area contributed by atoms with Crippen molar-refractivity contribution in [3.8, 4) is 5.75 Å². The third kappa shape index (κ3) is 7.82. The van der Waals surface area contributed by atoms with Crippen LogP contribution in [-0.2, 0) is 9.59 Å². The Hall–Kier alpha value is -4.46. The Labute approximate surface area is 204 Å². The molecule has 0 aliphatic carbocycles. The monoisotopic (exact) mass is 472 g/mol. The van der Waals surface area contributed by atoms with Gasteiger partial charge < -0.3 is 15.4 Å². The highest BCUT2D eigenvalue weighted by Gasteiger charge is 2.17. The van der Waals surface area contributed by atoms with Crippen molar-refractivity contribution in [1.29, 1.82) is 0 Å². The van der Waals surface area contributed by atoms with E-state index >= 15 is 0 Å². The molecule has 0 aliphatic heterocycles. The van der Waals surface area contributed by atoms with Crippen molar-refractivity contribution < 1.29 is 19.1 Å². The first-order valence-electron chi connectivity index (χ1n) is 11.3. The molecular formula is C27H28N4O4. The summed E-state index contributed by atoms with van der Waals surface area (Å²) < 4.78 is 5.60. The number of aryl methyl sites for hydroxylation is 1. The number of carbonyl (C=O) groups excluding carboxylic acids is 3. The molecule has 0 unspecified atom stereocenters. The highest BCUT2D eigenvalue weighted by molar-refractivity contribution is 6.40. The van der Waals surface area contributed by atoms with Crippen molar-refractivity contribution >= 4 is 35.3 Å². The van der Waals surface area contributed by atoms with E-state index in [4.69, 9.17) is 4.74 Å². The van der Waals surface area contributed by atoms with Gasteiger partial charge in [-0.2, -0.15) is 5.10 Å². The van der Waals surface area contributed by atoms with E-state index in [2.05, 4.69) is 28.1 Å². The second-order valence-electron chi connectivity index (χ2n) is 7.79. The minimum atomic E-state index is -0.963. The number of amides is 3. The normalized spacial score (nSPS) is 10.6. The number of carbonyl (C=O) groups is 3. The van der Waals surface area contributed by atoms with Gasteiger partial charge in [-0.25, -0.2) is 5.43 Å². The first-order chi connectivity index (χ1) is 17.0. The topological polar surface area (TPSA) is 109 Å². The molecule has 8 nitrogen and oxygen atoms in total. The number of hydrogen-bond donors (Lipinski definition) is 3. The maximum atomic E-state index is 12.7. The summed E-state index contributed by atoms with van der Waals surface area (Å²) in [7, 11) is 0. The molecule has 3 N–H and O–H groups in total. The van der Waals surface area contributed by atoms with Crippen LogP contribution < -0.4 is 20.8 Å². The Morgan fingerprint density at radius 3 is 2.31 bits per heavy atom. The van der Waals surface area contributed by atoms with E-state index in [1.807, 2.05) is 31.2 Å². The van der Waals surface area contributed by atoms with E-state index in [1.54, 1.807) is 48.5 Å². The lowest BCUT2D eigenvalue weighted by Gasteiger charge is -2.11. The number of unbranched alkanes of at least 4 members (excludes halogenated alkanes) is 1. The third-order valence-corrected chi connectivity index (χ3v) is 4.96. The summed E-state index contributed by atoms with van der Waals surface area (Å²) in [5.74, 6) is -1.57. The third-order valence-electron chi connectivity index (χ3n) is 4.96. The van der Waals surface area contributed by atoms with Gasteiger partial charge in [0.05, 0.1) is 24.1 Å². The number of benzene rings is 3. The Morgan fingerprint density at radius 2 is 1.60 bits per heavy atom. The molecule has 35 heavy (non-hydrogen) atoms. The summed E-state index contributed by atoms with van der Waals surface area (Å²) in [6, 6.07) is 21.0. The summed E-state index contributed by atoms with van der Waals surface area (Å²) in [5.41, 5.74) is 5.03. The lowest BCUT2D eigenvalue weighted by molar-refractivity contribution is -0.136. The molecule has 0 saturated heterocycles. The molecule has 0 spiro atoms. The van der Waals surface area contributed by atoms with Crippen molar-refractivity contribution in [1.82, 2.24) is 5.43 Å². The van der Waals surface area contributed by atoms with Crippen LogP contribution in [0.25, 0.3) is 0 Å². The van der Waals surface area contributed by atoms with E-state index in [-0.39, 0.29) is 11.3 Å². The van der Waals surface area contributed by atoms with Crippen LogP contribution in [0.4, 0.5) is 11.4 Å². The molecular weight excluding hydrogens is 444 g/mol. The fourth-order valence-electron chi connectivity index (χ4n) is 3.01. The lowest BCUT2D eigenvalue weighted by Crippen LogP contribution is -2.33. The Morgan fingerprint density at radius 1 is 0.886 bits per heavy atom. The van der Waals surface area contributed by atoms with Gasteiger partial charge in [-0.1, -0.05) is 43.2 Å². The van der Waals surface area contributed by atoms with Crippen LogP contribution in [-0.4, -0.2) is 30.5 Å². The van der Waals surface area contributed by atoms with Gasteiger partial charge in [0.2, 0.25) is 0 Å². The van der Waals surface area contributed by atoms with Crippen LogP contribution in [0, 0.1) is 6.92 Å². The minimum absolute atomic E-state index is 0.208. The Kier molecular flexibility index (Phi) is 9.13. The molecule has 3 rings (SSSR count). The van der Waals surface area contributed by atoms with Crippen LogP contribution in [0.1, 0.15) is 41.3 Å². The second kappa shape index (κ2) is 12.7. The number of hydrazone groups is 1. The van der Waals surface area contributed by atoms with Gasteiger partial charge >= 0.3 is 11.8 Å². The number of anilines is 2. The van der Waals surface area contributed by atoms with Gasteiger partial charge in [0, 0.05) is 5.69 Å². The maximum absolute atomic E-state index is 12.7. The van der Waals surface area contributed by atoms with Crippen molar-refractivity contribution in [3.63, 3.8) is 0 Å². The number of para-hydroxylation sites is 1. The number of hydrogen-bond acceptors (Lipinski definition) is 5. The number of ether oxygens (including phenoxy) is 1. The molecule has 0 fully saturated rings. The first kappa shape index (κ1) is 25.2. The lowest BCUT2D eigenvalue weighted by atomic mass is 10.1. The van der Waals surface area contributed by atoms with Gasteiger partial charge in [0.25, 0.3) is 5.91 Å². The molecule has 0 aromatic heterocycles. The number of nitrogens with zero attached hydrogens (tertiary/aromatic N) is 1. The van der Waals surface area contributed by atoms with Gasteiger partial charge in [-0.15, -0.1) is 0 Å². The molecule has 180 valence electrons. The summed E-state index contributed by atoms with van der Waals surface area (Å²) in [6.45, 7) is 4.71. The number of nitrogens with one attached hydrogen (secondary N) is 3. The maximum Gasteiger partial charge on any atom is 0.329 e. The number of rotatable bonds is 9. The molecule has 3 amide bonds. The fraction of sp³-hybridized carbons (Fsp3) is 0.185. The van der Waals surface area contributed by atoms with E-state index in [0.717, 1.165) is 29.7 Å². The quantitative estimate of drug-likeness (QED) is 0.184. The summed E-state index contributed by atoms with van der Waals surface area (Å²) in [5, 5.41) is 9.06. The van der Waals surface area contributed by atoms with Crippen LogP contribution >= 0.6 is 0 Å². The summed E-state index contributed by atoms with van der Waals surface area (Å²) >= 11 is 0. The molecule has 8 heteroatoms. The summed E-state index contributed by atoms with van der Waals surface area (Å²) in [4.78, 5) is 37.2. The zero-order valence-corrected chi connectivity index (χ0v) is 19.7. The Balaban J connectivity index is 1.55. The van der Waals surface area contributed by atoms with Crippen molar-refractivity contribution in [2.24, 2.45) is 5.10 Å². The molecule has 3 aromatic rings. The molecule has 3 aromatic carbocycles. The standard InChI is InChI=1S/C27H28N4O4/c1-3-4-17-35-22-15-11-20(12-16-22)18-28-31-27(34)26(33)30-24-8-6-5-7-23(24)25(32)29-21-13-9-19(2)10-14-21/h5-16,18H,3-4,17H2,1-2H3,(H,29,32)(H,30,33)(H,31,34)/b28-18-. The highest BCUT2D eigenvalue weighted by atomic mass is 16.5. The predicted octanol–water partition coefficient (Wildman–Crippen LogP) is 4.52. The van der Waals surface area contributed by atoms with E-state index in [9.17, 15) is 14.4 Å². The predicted molar refractivity (Wildman–Crippen MR) is 137 cm³/mol. The van der Waals surface area contributed by atoms with E-state index in [0.29, 0.717) is 12.3 Å². The van der Waals surface area contributed by atoms with Crippen molar-refractivity contribution in [2.45, 2.75) is 26.7 Å². The molecule has 0 atom stereocenters. The second-order valence-corrected chi connectivity index (χ2v) is 7.79. The molecule has 0 bridgehead atoms. The average molecular weight is 473 g/mol. The zero-order chi connectivity index (χ0) is 25.0. The highest BCUT2D eigenvalue weighted by Crippen LogP contribution is 2.18. The molecule has 0 radical (unpaired) electrons. The molecule has 0 aliphatic rings. The largest absolute Gasteiger partial charge is 0.494 e. The van der Waals surface area contributed by atoms with Crippen molar-refractivity contribution in [3.05, 3.63) is 89.5 Å². The zero-order valence-electron chi connectivity index (χ0n) is 19.7. The molecule has 0 saturated carbocycles. The van der Waals surface area contributed by atoms with Gasteiger partial charge in [-0.3, -0.25) is 14.4 Å².